The highest BCUT2D eigenvalue weighted by molar-refractivity contribution is 7.99. The van der Waals surface area contributed by atoms with E-state index in [2.05, 4.69) is 49.2 Å². The third-order valence-corrected chi connectivity index (χ3v) is 7.68. The number of nitrogens with zero attached hydrogens (tertiary/aromatic N) is 4. The van der Waals surface area contributed by atoms with Gasteiger partial charge in [0, 0.05) is 6.04 Å². The van der Waals surface area contributed by atoms with Crippen LogP contribution in [0, 0.1) is 11.8 Å². The molecule has 1 aromatic carbocycles. The summed E-state index contributed by atoms with van der Waals surface area (Å²) >= 11 is 1.52. The topological polar surface area (TPSA) is 63.1 Å². The van der Waals surface area contributed by atoms with Crippen molar-refractivity contribution in [3.05, 3.63) is 41.7 Å². The van der Waals surface area contributed by atoms with E-state index < -0.39 is 0 Å². The highest BCUT2D eigenvalue weighted by Crippen LogP contribution is 2.44. The van der Waals surface area contributed by atoms with Crippen LogP contribution in [-0.4, -0.2) is 50.5 Å². The number of benzene rings is 1. The molecule has 6 nitrogen and oxygen atoms in total. The van der Waals surface area contributed by atoms with E-state index in [1.165, 1.54) is 62.3 Å². The number of hydrogen-bond acceptors (Lipinski definition) is 5. The summed E-state index contributed by atoms with van der Waals surface area (Å²) in [6, 6.07) is 10.9. The Kier molecular flexibility index (Phi) is 6.60. The van der Waals surface area contributed by atoms with Crippen molar-refractivity contribution >= 4 is 17.7 Å². The molecule has 0 radical (unpaired) electrons. The van der Waals surface area contributed by atoms with Crippen LogP contribution in [0.5, 0.6) is 0 Å². The first-order chi connectivity index (χ1) is 15.3. The number of amides is 1. The molecule has 31 heavy (non-hydrogen) atoms. The van der Waals surface area contributed by atoms with Crippen molar-refractivity contribution in [2.75, 3.05) is 18.8 Å². The molecule has 0 unspecified atom stereocenters. The van der Waals surface area contributed by atoms with Gasteiger partial charge in [-0.2, -0.15) is 0 Å². The molecule has 3 fully saturated rings. The van der Waals surface area contributed by atoms with E-state index in [4.69, 9.17) is 0 Å². The van der Waals surface area contributed by atoms with Gasteiger partial charge in [-0.3, -0.25) is 9.69 Å². The van der Waals surface area contributed by atoms with Gasteiger partial charge in [-0.25, -0.2) is 0 Å². The maximum absolute atomic E-state index is 12.7. The number of likely N-dealkylation sites (tertiary alicyclic amines) is 1. The van der Waals surface area contributed by atoms with Crippen molar-refractivity contribution in [2.24, 2.45) is 11.8 Å². The van der Waals surface area contributed by atoms with Gasteiger partial charge in [-0.15, -0.1) is 10.2 Å². The minimum atomic E-state index is 0.139. The Hall–Kier alpha value is -1.86. The zero-order chi connectivity index (χ0) is 21.0. The van der Waals surface area contributed by atoms with E-state index in [-0.39, 0.29) is 5.91 Å². The number of thioether (sulfide) groups is 1. The van der Waals surface area contributed by atoms with Crippen LogP contribution >= 0.6 is 11.8 Å². The van der Waals surface area contributed by atoms with Crippen LogP contribution in [0.3, 0.4) is 0 Å². The number of carbonyl (C=O) groups is 1. The lowest BCUT2D eigenvalue weighted by atomic mass is 10.1. The third-order valence-electron chi connectivity index (χ3n) is 6.71. The Morgan fingerprint density at radius 3 is 2.39 bits per heavy atom. The average molecular weight is 440 g/mol. The summed E-state index contributed by atoms with van der Waals surface area (Å²) in [6.07, 6.45) is 8.96. The van der Waals surface area contributed by atoms with Gasteiger partial charge in [0.1, 0.15) is 5.82 Å². The molecule has 5 rings (SSSR count). The Bertz CT molecular complexity index is 859. The molecule has 0 spiro atoms. The number of piperidine rings is 1. The lowest BCUT2D eigenvalue weighted by Crippen LogP contribution is -2.39. The summed E-state index contributed by atoms with van der Waals surface area (Å²) < 4.78 is 2.21. The first-order valence-corrected chi connectivity index (χ1v) is 12.9. The fourth-order valence-corrected chi connectivity index (χ4v) is 5.44. The van der Waals surface area contributed by atoms with Crippen LogP contribution in [0.4, 0.5) is 0 Å². The average Bonchev–Trinajstić information content (AvgIpc) is 3.72. The maximum atomic E-state index is 12.7. The largest absolute Gasteiger partial charge is 0.352 e. The Morgan fingerprint density at radius 1 is 1.00 bits per heavy atom. The first kappa shape index (κ1) is 21.0. The summed E-state index contributed by atoms with van der Waals surface area (Å²) in [6.45, 7) is 3.84. The molecule has 0 atom stereocenters. The molecule has 1 saturated heterocycles. The summed E-state index contributed by atoms with van der Waals surface area (Å²) in [4.78, 5) is 15.2. The molecule has 2 aromatic rings. The minimum Gasteiger partial charge on any atom is -0.352 e. The highest BCUT2D eigenvalue weighted by atomic mass is 32.2. The number of carbonyl (C=O) groups excluding carboxylic acids is 1. The molecule has 1 amide bonds. The molecule has 2 aliphatic carbocycles. The predicted octanol–water partition coefficient (Wildman–Crippen LogP) is 3.71. The predicted molar refractivity (Wildman–Crippen MR) is 123 cm³/mol. The van der Waals surface area contributed by atoms with Crippen molar-refractivity contribution in [1.82, 2.24) is 25.0 Å². The summed E-state index contributed by atoms with van der Waals surface area (Å²) in [7, 11) is 0. The standard InChI is InChI=1S/C24H33N5OS/c30-22(25-23(19-9-10-19)20-11-12-20)17-31-24-27-26-21(16-28-13-5-2-6-14-28)29(24)15-18-7-3-1-4-8-18/h1,3-4,7-8,19-20,23H,2,5-6,9-17H2,(H,25,30). The van der Waals surface area contributed by atoms with E-state index in [0.29, 0.717) is 11.8 Å². The molecule has 0 bridgehead atoms. The second-order valence-electron chi connectivity index (χ2n) is 9.36. The Balaban J connectivity index is 1.25. The molecule has 166 valence electrons. The molecular formula is C24H33N5OS. The fourth-order valence-electron chi connectivity index (χ4n) is 4.67. The van der Waals surface area contributed by atoms with Gasteiger partial charge in [-0.1, -0.05) is 48.5 Å². The number of nitrogens with one attached hydrogen (secondary N) is 1. The molecule has 1 N–H and O–H groups in total. The molecule has 1 aromatic heterocycles. The quantitative estimate of drug-likeness (QED) is 0.572. The Labute approximate surface area is 189 Å². The zero-order valence-electron chi connectivity index (χ0n) is 18.2. The summed E-state index contributed by atoms with van der Waals surface area (Å²) in [5, 5.41) is 13.2. The van der Waals surface area contributed by atoms with Crippen molar-refractivity contribution < 1.29 is 4.79 Å². The lowest BCUT2D eigenvalue weighted by Gasteiger charge is -2.26. The van der Waals surface area contributed by atoms with Crippen LogP contribution in [0.2, 0.25) is 0 Å². The van der Waals surface area contributed by atoms with Crippen LogP contribution < -0.4 is 5.32 Å². The molecule has 1 aliphatic heterocycles. The first-order valence-electron chi connectivity index (χ1n) is 11.9. The molecular weight excluding hydrogens is 406 g/mol. The van der Waals surface area contributed by atoms with Crippen molar-refractivity contribution in [1.29, 1.82) is 0 Å². The summed E-state index contributed by atoms with van der Waals surface area (Å²) in [5.41, 5.74) is 1.23. The summed E-state index contributed by atoms with van der Waals surface area (Å²) in [5.74, 6) is 2.99. The third kappa shape index (κ3) is 5.69. The van der Waals surface area contributed by atoms with Crippen LogP contribution in [0.25, 0.3) is 0 Å². The van der Waals surface area contributed by atoms with Gasteiger partial charge in [0.15, 0.2) is 5.16 Å². The van der Waals surface area contributed by atoms with E-state index in [9.17, 15) is 4.79 Å². The minimum absolute atomic E-state index is 0.139. The van der Waals surface area contributed by atoms with E-state index >= 15 is 0 Å². The van der Waals surface area contributed by atoms with Crippen molar-refractivity contribution in [3.8, 4) is 0 Å². The van der Waals surface area contributed by atoms with Crippen molar-refractivity contribution in [2.45, 2.75) is 69.2 Å². The van der Waals surface area contributed by atoms with Gasteiger partial charge < -0.3 is 9.88 Å². The van der Waals surface area contributed by atoms with Gasteiger partial charge >= 0.3 is 0 Å². The van der Waals surface area contributed by atoms with E-state index in [1.54, 1.807) is 0 Å². The van der Waals surface area contributed by atoms with Crippen LogP contribution in [-0.2, 0) is 17.9 Å². The molecule has 3 aliphatic rings. The highest BCUT2D eigenvalue weighted by Gasteiger charge is 2.42. The molecule has 2 saturated carbocycles. The SMILES string of the molecule is O=C(CSc1nnc(CN2CCCCC2)n1Cc1ccccc1)NC(C1CC1)C1CC1. The van der Waals surface area contributed by atoms with E-state index in [1.807, 2.05) is 6.07 Å². The molecule has 2 heterocycles. The van der Waals surface area contributed by atoms with Gasteiger partial charge in [0.25, 0.3) is 0 Å². The van der Waals surface area contributed by atoms with E-state index in [0.717, 1.165) is 49.0 Å². The maximum Gasteiger partial charge on any atom is 0.230 e. The lowest BCUT2D eigenvalue weighted by molar-refractivity contribution is -0.119. The number of rotatable bonds is 10. The number of hydrogen-bond donors (Lipinski definition) is 1. The monoisotopic (exact) mass is 439 g/mol. The van der Waals surface area contributed by atoms with Crippen LogP contribution in [0.15, 0.2) is 35.5 Å². The smallest absolute Gasteiger partial charge is 0.230 e. The van der Waals surface area contributed by atoms with Gasteiger partial charge in [0.2, 0.25) is 5.91 Å². The Morgan fingerprint density at radius 2 is 1.71 bits per heavy atom. The van der Waals surface area contributed by atoms with Crippen molar-refractivity contribution in [3.63, 3.8) is 0 Å². The zero-order valence-corrected chi connectivity index (χ0v) is 19.0. The second-order valence-corrected chi connectivity index (χ2v) is 10.3. The second kappa shape index (κ2) is 9.74. The normalized spacial score (nSPS) is 19.6. The van der Waals surface area contributed by atoms with Gasteiger partial charge in [0.05, 0.1) is 18.8 Å². The van der Waals surface area contributed by atoms with Crippen LogP contribution in [0.1, 0.15) is 56.3 Å². The number of aromatic nitrogens is 3. The fraction of sp³-hybridized carbons (Fsp3) is 0.625. The molecule has 7 heteroatoms. The van der Waals surface area contributed by atoms with Gasteiger partial charge in [-0.05, 0) is 69.0 Å².